The van der Waals surface area contributed by atoms with E-state index in [0.29, 0.717) is 40.9 Å². The fourth-order valence-electron chi connectivity index (χ4n) is 2.88. The highest BCUT2D eigenvalue weighted by Crippen LogP contribution is 2.38. The predicted octanol–water partition coefficient (Wildman–Crippen LogP) is 4.36. The summed E-state index contributed by atoms with van der Waals surface area (Å²) in [6.07, 6.45) is 0. The van der Waals surface area contributed by atoms with E-state index < -0.39 is 5.41 Å². The van der Waals surface area contributed by atoms with Gasteiger partial charge in [-0.1, -0.05) is 23.7 Å². The maximum Gasteiger partial charge on any atom is 0.257 e. The van der Waals surface area contributed by atoms with Crippen molar-refractivity contribution in [1.82, 2.24) is 0 Å². The highest BCUT2D eigenvalue weighted by Gasteiger charge is 2.37. The van der Waals surface area contributed by atoms with Gasteiger partial charge in [0.2, 0.25) is 5.91 Å². The first kappa shape index (κ1) is 18.3. The number of hydrogen-bond acceptors (Lipinski definition) is 3. The highest BCUT2D eigenvalue weighted by molar-refractivity contribution is 6.34. The Kier molecular flexibility index (Phi) is 4.92. The van der Waals surface area contributed by atoms with Crippen LogP contribution in [0.15, 0.2) is 42.5 Å². The molecule has 0 bridgehead atoms. The highest BCUT2D eigenvalue weighted by atomic mass is 35.5. The van der Waals surface area contributed by atoms with Gasteiger partial charge in [-0.3, -0.25) is 9.59 Å². The molecule has 2 aromatic rings. The Morgan fingerprint density at radius 1 is 1.27 bits per heavy atom. The maximum atomic E-state index is 12.8. The molecule has 0 saturated carbocycles. The molecule has 0 radical (unpaired) electrons. The van der Waals surface area contributed by atoms with Crippen LogP contribution in [0.5, 0.6) is 5.75 Å². The van der Waals surface area contributed by atoms with Crippen LogP contribution in [0.2, 0.25) is 5.02 Å². The number of carbonyl (C=O) groups is 2. The number of amides is 2. The first-order valence-corrected chi connectivity index (χ1v) is 8.86. The van der Waals surface area contributed by atoms with Crippen LogP contribution < -0.4 is 15.0 Å². The first-order chi connectivity index (χ1) is 12.3. The van der Waals surface area contributed by atoms with Crippen LogP contribution in [0.4, 0.5) is 11.4 Å². The number of hydrogen-bond donors (Lipinski definition) is 1. The predicted molar refractivity (Wildman–Crippen MR) is 103 cm³/mol. The van der Waals surface area contributed by atoms with Crippen molar-refractivity contribution in [2.75, 3.05) is 23.4 Å². The standard InChI is InChI=1S/C20H21ClN2O3/c1-4-23-16-11-13(22-18(24)14-7-5-6-8-15(14)21)9-10-17(16)26-12-20(2,3)19(23)25/h5-11H,4,12H2,1-3H3,(H,22,24). The van der Waals surface area contributed by atoms with Gasteiger partial charge in [0.05, 0.1) is 21.7 Å². The smallest absolute Gasteiger partial charge is 0.257 e. The minimum atomic E-state index is -0.615. The summed E-state index contributed by atoms with van der Waals surface area (Å²) in [5.41, 5.74) is 1.00. The molecule has 1 aliphatic rings. The van der Waals surface area contributed by atoms with Gasteiger partial charge >= 0.3 is 0 Å². The molecular formula is C20H21ClN2O3. The van der Waals surface area contributed by atoms with Crippen molar-refractivity contribution in [3.8, 4) is 5.75 Å². The van der Waals surface area contributed by atoms with E-state index in [2.05, 4.69) is 5.32 Å². The van der Waals surface area contributed by atoms with Gasteiger partial charge in [0.1, 0.15) is 12.4 Å². The van der Waals surface area contributed by atoms with Gasteiger partial charge in [-0.2, -0.15) is 0 Å². The summed E-state index contributed by atoms with van der Waals surface area (Å²) in [5, 5.41) is 3.22. The molecule has 2 amide bonds. The molecule has 0 saturated heterocycles. The van der Waals surface area contributed by atoms with Crippen molar-refractivity contribution < 1.29 is 14.3 Å². The van der Waals surface area contributed by atoms with Crippen molar-refractivity contribution in [2.24, 2.45) is 5.41 Å². The lowest BCUT2D eigenvalue weighted by Gasteiger charge is -2.27. The zero-order valence-electron chi connectivity index (χ0n) is 15.0. The molecule has 0 spiro atoms. The summed E-state index contributed by atoms with van der Waals surface area (Å²) in [7, 11) is 0. The van der Waals surface area contributed by atoms with E-state index in [9.17, 15) is 9.59 Å². The lowest BCUT2D eigenvalue weighted by Crippen LogP contribution is -2.42. The molecule has 26 heavy (non-hydrogen) atoms. The van der Waals surface area contributed by atoms with E-state index in [-0.39, 0.29) is 11.8 Å². The third kappa shape index (κ3) is 3.40. The summed E-state index contributed by atoms with van der Waals surface area (Å²) in [5.74, 6) is 0.314. The molecule has 0 unspecified atom stereocenters. The van der Waals surface area contributed by atoms with E-state index in [0.717, 1.165) is 0 Å². The molecule has 3 rings (SSSR count). The van der Waals surface area contributed by atoms with Gasteiger partial charge in [-0.25, -0.2) is 0 Å². The number of halogens is 1. The summed E-state index contributed by atoms with van der Waals surface area (Å²) in [4.78, 5) is 27.0. The van der Waals surface area contributed by atoms with E-state index in [1.54, 1.807) is 47.4 Å². The topological polar surface area (TPSA) is 58.6 Å². The van der Waals surface area contributed by atoms with Gasteiger partial charge in [0.15, 0.2) is 0 Å². The zero-order chi connectivity index (χ0) is 18.9. The van der Waals surface area contributed by atoms with E-state index in [1.165, 1.54) is 0 Å². The van der Waals surface area contributed by atoms with Gasteiger partial charge < -0.3 is 15.0 Å². The number of ether oxygens (including phenoxy) is 1. The Labute approximate surface area is 157 Å². The molecule has 0 fully saturated rings. The molecule has 5 nitrogen and oxygen atoms in total. The van der Waals surface area contributed by atoms with Crippen LogP contribution in [0.1, 0.15) is 31.1 Å². The van der Waals surface area contributed by atoms with Crippen LogP contribution >= 0.6 is 11.6 Å². The monoisotopic (exact) mass is 372 g/mol. The molecule has 2 aromatic carbocycles. The second kappa shape index (κ2) is 7.00. The van der Waals surface area contributed by atoms with Crippen molar-refractivity contribution in [1.29, 1.82) is 0 Å². The summed E-state index contributed by atoms with van der Waals surface area (Å²) >= 11 is 6.08. The van der Waals surface area contributed by atoms with Gasteiger partial charge in [-0.15, -0.1) is 0 Å². The lowest BCUT2D eigenvalue weighted by atomic mass is 9.93. The summed E-state index contributed by atoms with van der Waals surface area (Å²) in [6.45, 7) is 6.47. The number of benzene rings is 2. The third-order valence-electron chi connectivity index (χ3n) is 4.35. The zero-order valence-corrected chi connectivity index (χ0v) is 15.8. The van der Waals surface area contributed by atoms with Crippen LogP contribution in [-0.2, 0) is 4.79 Å². The third-order valence-corrected chi connectivity index (χ3v) is 4.68. The Bertz CT molecular complexity index is 864. The number of anilines is 2. The fourth-order valence-corrected chi connectivity index (χ4v) is 3.10. The minimum Gasteiger partial charge on any atom is -0.490 e. The van der Waals surface area contributed by atoms with Crippen molar-refractivity contribution in [3.63, 3.8) is 0 Å². The van der Waals surface area contributed by atoms with Crippen molar-refractivity contribution >= 4 is 34.8 Å². The molecule has 136 valence electrons. The van der Waals surface area contributed by atoms with E-state index >= 15 is 0 Å². The number of rotatable bonds is 3. The van der Waals surface area contributed by atoms with Crippen LogP contribution in [-0.4, -0.2) is 25.0 Å². The van der Waals surface area contributed by atoms with Gasteiger partial charge in [0.25, 0.3) is 5.91 Å². The largest absolute Gasteiger partial charge is 0.490 e. The average molecular weight is 373 g/mol. The molecule has 6 heteroatoms. The molecule has 0 aromatic heterocycles. The maximum absolute atomic E-state index is 12.8. The van der Waals surface area contributed by atoms with Crippen LogP contribution in [0, 0.1) is 5.41 Å². The molecule has 1 aliphatic heterocycles. The minimum absolute atomic E-state index is 0.00618. The Morgan fingerprint density at radius 2 is 2.00 bits per heavy atom. The number of carbonyl (C=O) groups excluding carboxylic acids is 2. The van der Waals surface area contributed by atoms with E-state index in [1.807, 2.05) is 20.8 Å². The SMILES string of the molecule is CCN1C(=O)C(C)(C)COc2ccc(NC(=O)c3ccccc3Cl)cc21. The average Bonchev–Trinajstić information content (AvgIpc) is 2.70. The van der Waals surface area contributed by atoms with Crippen LogP contribution in [0.25, 0.3) is 0 Å². The molecule has 0 aliphatic carbocycles. The van der Waals surface area contributed by atoms with Crippen molar-refractivity contribution in [3.05, 3.63) is 53.1 Å². The van der Waals surface area contributed by atoms with Crippen molar-refractivity contribution in [2.45, 2.75) is 20.8 Å². The molecular weight excluding hydrogens is 352 g/mol. The number of fused-ring (bicyclic) bond motifs is 1. The molecule has 0 atom stereocenters. The first-order valence-electron chi connectivity index (χ1n) is 8.48. The molecule has 1 heterocycles. The number of nitrogens with zero attached hydrogens (tertiary/aromatic N) is 1. The fraction of sp³-hybridized carbons (Fsp3) is 0.300. The Hall–Kier alpha value is -2.53. The quantitative estimate of drug-likeness (QED) is 0.870. The second-order valence-electron chi connectivity index (χ2n) is 6.84. The normalized spacial score (nSPS) is 15.7. The summed E-state index contributed by atoms with van der Waals surface area (Å²) < 4.78 is 5.83. The second-order valence-corrected chi connectivity index (χ2v) is 7.25. The number of nitrogens with one attached hydrogen (secondary N) is 1. The van der Waals surface area contributed by atoms with Crippen LogP contribution in [0.3, 0.4) is 0 Å². The lowest BCUT2D eigenvalue weighted by molar-refractivity contribution is -0.127. The van der Waals surface area contributed by atoms with Gasteiger partial charge in [-0.05, 0) is 51.1 Å². The van der Waals surface area contributed by atoms with E-state index in [4.69, 9.17) is 16.3 Å². The Morgan fingerprint density at radius 3 is 2.69 bits per heavy atom. The molecule has 1 N–H and O–H groups in total. The summed E-state index contributed by atoms with van der Waals surface area (Å²) in [6, 6.07) is 12.1. The Balaban J connectivity index is 1.93. The van der Waals surface area contributed by atoms with Gasteiger partial charge in [0, 0.05) is 12.2 Å².